The fraction of sp³-hybridized carbons (Fsp3) is 0.0526. The van der Waals surface area contributed by atoms with E-state index in [0.717, 1.165) is 0 Å². The van der Waals surface area contributed by atoms with Crippen LogP contribution in [0, 0.1) is 0 Å². The number of benzene rings is 4. The molecule has 0 aliphatic rings. The molecule has 0 aliphatic heterocycles. The van der Waals surface area contributed by atoms with Gasteiger partial charge in [-0.15, -0.1) is 6.58 Å². The van der Waals surface area contributed by atoms with Crippen molar-refractivity contribution in [3.8, 4) is 0 Å². The molecule has 0 saturated heterocycles. The second-order valence-electron chi connectivity index (χ2n) is 4.70. The van der Waals surface area contributed by atoms with Crippen molar-refractivity contribution in [3.05, 3.63) is 73.3 Å². The molecule has 0 saturated carbocycles. The molecular weight excluding hydrogens is 228 g/mol. The molecule has 4 aromatic carbocycles. The van der Waals surface area contributed by atoms with Crippen molar-refractivity contribution in [2.75, 3.05) is 0 Å². The van der Waals surface area contributed by atoms with E-state index in [2.05, 4.69) is 67.2 Å². The van der Waals surface area contributed by atoms with Crippen LogP contribution in [0.15, 0.2) is 73.3 Å². The Balaban J connectivity index is 0.000000339. The van der Waals surface area contributed by atoms with E-state index in [0.29, 0.717) is 0 Å². The van der Waals surface area contributed by atoms with Gasteiger partial charge in [0.2, 0.25) is 0 Å². The van der Waals surface area contributed by atoms with Crippen LogP contribution in [-0.2, 0) is 0 Å². The minimum atomic E-state index is 1.34. The molecule has 0 heteroatoms. The molecule has 0 fully saturated rings. The van der Waals surface area contributed by atoms with Gasteiger partial charge in [0, 0.05) is 0 Å². The summed E-state index contributed by atoms with van der Waals surface area (Å²) in [5, 5.41) is 8.14. The lowest BCUT2D eigenvalue weighted by Gasteiger charge is -2.09. The van der Waals surface area contributed by atoms with Crippen molar-refractivity contribution in [3.63, 3.8) is 0 Å². The van der Waals surface area contributed by atoms with Crippen molar-refractivity contribution < 1.29 is 0 Å². The van der Waals surface area contributed by atoms with Crippen LogP contribution in [-0.4, -0.2) is 0 Å². The predicted molar refractivity (Wildman–Crippen MR) is 86.0 cm³/mol. The lowest BCUT2D eigenvalue weighted by molar-refractivity contribution is 1.78. The van der Waals surface area contributed by atoms with E-state index in [1.807, 2.05) is 6.92 Å². The molecule has 0 unspecified atom stereocenters. The van der Waals surface area contributed by atoms with E-state index >= 15 is 0 Å². The van der Waals surface area contributed by atoms with Gasteiger partial charge in [-0.2, -0.15) is 0 Å². The van der Waals surface area contributed by atoms with Gasteiger partial charge in [-0.3, -0.25) is 0 Å². The quantitative estimate of drug-likeness (QED) is 0.272. The summed E-state index contributed by atoms with van der Waals surface area (Å²) < 4.78 is 0. The van der Waals surface area contributed by atoms with Gasteiger partial charge in [0.25, 0.3) is 0 Å². The summed E-state index contributed by atoms with van der Waals surface area (Å²) in [7, 11) is 0. The Morgan fingerprint density at radius 3 is 1.16 bits per heavy atom. The molecule has 0 amide bonds. The second kappa shape index (κ2) is 4.74. The summed E-state index contributed by atoms with van der Waals surface area (Å²) in [6.45, 7) is 5.25. The maximum atomic E-state index is 3.36. The summed E-state index contributed by atoms with van der Waals surface area (Å²) in [4.78, 5) is 0. The van der Waals surface area contributed by atoms with Crippen LogP contribution in [0.3, 0.4) is 0 Å². The molecule has 4 rings (SSSR count). The van der Waals surface area contributed by atoms with Gasteiger partial charge in [-0.05, 0) is 39.2 Å². The van der Waals surface area contributed by atoms with Crippen molar-refractivity contribution in [1.29, 1.82) is 0 Å². The standard InChI is InChI=1S/C16H10.C3H6/c1-3-11-7-9-13-5-2-6-14-10-8-12(4-1)15(11)16(13)14;1-3-2/h1-10H;3H,1H2,2H3. The van der Waals surface area contributed by atoms with E-state index in [9.17, 15) is 0 Å². The van der Waals surface area contributed by atoms with Gasteiger partial charge in [-0.25, -0.2) is 0 Å². The first kappa shape index (κ1) is 11.7. The molecule has 0 N–H and O–H groups in total. The highest BCUT2D eigenvalue weighted by molar-refractivity contribution is 6.22. The third kappa shape index (κ3) is 1.86. The zero-order chi connectivity index (χ0) is 13.2. The highest BCUT2D eigenvalue weighted by Gasteiger charge is 2.05. The fourth-order valence-electron chi connectivity index (χ4n) is 2.67. The highest BCUT2D eigenvalue weighted by atomic mass is 14.1. The molecule has 0 aromatic heterocycles. The van der Waals surface area contributed by atoms with E-state index in [1.54, 1.807) is 6.08 Å². The van der Waals surface area contributed by atoms with E-state index < -0.39 is 0 Å². The van der Waals surface area contributed by atoms with Crippen molar-refractivity contribution in [1.82, 2.24) is 0 Å². The monoisotopic (exact) mass is 244 g/mol. The summed E-state index contributed by atoms with van der Waals surface area (Å²) in [6.07, 6.45) is 1.75. The number of rotatable bonds is 0. The smallest absolute Gasteiger partial charge is 0.00268 e. The van der Waals surface area contributed by atoms with Crippen LogP contribution in [0.25, 0.3) is 32.3 Å². The van der Waals surface area contributed by atoms with Gasteiger partial charge in [0.15, 0.2) is 0 Å². The Bertz CT molecular complexity index is 710. The maximum Gasteiger partial charge on any atom is -0.00268 e. The van der Waals surface area contributed by atoms with Gasteiger partial charge >= 0.3 is 0 Å². The minimum Gasteiger partial charge on any atom is -0.103 e. The van der Waals surface area contributed by atoms with Crippen LogP contribution in [0.4, 0.5) is 0 Å². The maximum absolute atomic E-state index is 3.36. The van der Waals surface area contributed by atoms with Crippen LogP contribution >= 0.6 is 0 Å². The zero-order valence-electron chi connectivity index (χ0n) is 11.1. The SMILES string of the molecule is C=CC.c1cc2ccc3cccc4ccc(c1)c2c34. The number of hydrogen-bond acceptors (Lipinski definition) is 0. The lowest BCUT2D eigenvalue weighted by atomic mass is 9.95. The van der Waals surface area contributed by atoms with Crippen LogP contribution in [0.1, 0.15) is 6.92 Å². The molecule has 0 atom stereocenters. The fourth-order valence-corrected chi connectivity index (χ4v) is 2.67. The van der Waals surface area contributed by atoms with Crippen LogP contribution < -0.4 is 0 Å². The summed E-state index contributed by atoms with van der Waals surface area (Å²) in [6, 6.07) is 21.9. The molecule has 0 heterocycles. The average molecular weight is 244 g/mol. The van der Waals surface area contributed by atoms with Crippen molar-refractivity contribution in [2.24, 2.45) is 0 Å². The Morgan fingerprint density at radius 1 is 0.632 bits per heavy atom. The Labute approximate surface area is 113 Å². The van der Waals surface area contributed by atoms with Gasteiger partial charge < -0.3 is 0 Å². The third-order valence-corrected chi connectivity index (χ3v) is 3.39. The van der Waals surface area contributed by atoms with Gasteiger partial charge in [-0.1, -0.05) is 66.7 Å². The molecular formula is C19H16. The molecule has 0 radical (unpaired) electrons. The topological polar surface area (TPSA) is 0 Å². The van der Waals surface area contributed by atoms with Crippen molar-refractivity contribution >= 4 is 32.3 Å². The molecule has 0 nitrogen and oxygen atoms in total. The zero-order valence-corrected chi connectivity index (χ0v) is 11.1. The lowest BCUT2D eigenvalue weighted by Crippen LogP contribution is -1.82. The van der Waals surface area contributed by atoms with Crippen LogP contribution in [0.2, 0.25) is 0 Å². The number of hydrogen-bond donors (Lipinski definition) is 0. The molecule has 0 spiro atoms. The first-order chi connectivity index (χ1) is 9.35. The van der Waals surface area contributed by atoms with Gasteiger partial charge in [0.1, 0.15) is 0 Å². The Hall–Kier alpha value is -2.34. The van der Waals surface area contributed by atoms with Crippen LogP contribution in [0.5, 0.6) is 0 Å². The molecule has 4 aromatic rings. The summed E-state index contributed by atoms with van der Waals surface area (Å²) in [5.74, 6) is 0. The normalized spacial score (nSPS) is 10.6. The average Bonchev–Trinajstić information content (AvgIpc) is 2.46. The Kier molecular flexibility index (Phi) is 2.92. The minimum absolute atomic E-state index is 1.34. The predicted octanol–water partition coefficient (Wildman–Crippen LogP) is 5.78. The molecule has 92 valence electrons. The largest absolute Gasteiger partial charge is 0.103 e. The molecule has 0 bridgehead atoms. The summed E-state index contributed by atoms with van der Waals surface area (Å²) >= 11 is 0. The summed E-state index contributed by atoms with van der Waals surface area (Å²) in [5.41, 5.74) is 0. The number of allylic oxidation sites excluding steroid dienone is 1. The van der Waals surface area contributed by atoms with Gasteiger partial charge in [0.05, 0.1) is 0 Å². The second-order valence-corrected chi connectivity index (χ2v) is 4.70. The van der Waals surface area contributed by atoms with Crippen molar-refractivity contribution in [2.45, 2.75) is 6.92 Å². The molecule has 0 aliphatic carbocycles. The molecule has 19 heavy (non-hydrogen) atoms. The Morgan fingerprint density at radius 2 is 0.895 bits per heavy atom. The van der Waals surface area contributed by atoms with E-state index in [1.165, 1.54) is 32.3 Å². The van der Waals surface area contributed by atoms with E-state index in [4.69, 9.17) is 0 Å². The first-order valence-corrected chi connectivity index (χ1v) is 6.54. The third-order valence-electron chi connectivity index (χ3n) is 3.39. The van der Waals surface area contributed by atoms with E-state index in [-0.39, 0.29) is 0 Å². The highest BCUT2D eigenvalue weighted by Crippen LogP contribution is 2.33. The first-order valence-electron chi connectivity index (χ1n) is 6.54.